The Morgan fingerprint density at radius 3 is 2.79 bits per heavy atom. The molecular formula is C11H19N6O9P2+. The minimum absolute atomic E-state index is 0.0876. The van der Waals surface area contributed by atoms with Crippen molar-refractivity contribution in [2.24, 2.45) is 12.8 Å². The number of nitrogen functional groups attached to an aromatic ring is 1. The van der Waals surface area contributed by atoms with E-state index in [9.17, 15) is 18.8 Å². The molecule has 1 aliphatic heterocycles. The fourth-order valence-corrected chi connectivity index (χ4v) is 4.49. The highest BCUT2D eigenvalue weighted by Crippen LogP contribution is 2.57. The van der Waals surface area contributed by atoms with Crippen LogP contribution in [-0.4, -0.2) is 48.0 Å². The Kier molecular flexibility index (Phi) is 5.49. The molecule has 2 aromatic heterocycles. The van der Waals surface area contributed by atoms with Gasteiger partial charge in [0.25, 0.3) is 11.5 Å². The van der Waals surface area contributed by atoms with E-state index in [4.69, 9.17) is 26.0 Å². The summed E-state index contributed by atoms with van der Waals surface area (Å²) in [5.41, 5.74) is 11.6. The number of hydrogen-bond donors (Lipinski definition) is 6. The number of rotatable bonds is 6. The van der Waals surface area contributed by atoms with Gasteiger partial charge in [0.1, 0.15) is 6.10 Å². The number of aryl methyl sites for hydroxylation is 1. The van der Waals surface area contributed by atoms with Gasteiger partial charge in [0, 0.05) is 12.5 Å². The number of phosphoric acid groups is 2. The number of hydrogen-bond acceptors (Lipinski definition) is 9. The maximum atomic E-state index is 12.1. The summed E-state index contributed by atoms with van der Waals surface area (Å²) in [6.07, 6.45) is 0.206. The van der Waals surface area contributed by atoms with Crippen LogP contribution in [-0.2, 0) is 29.7 Å². The quantitative estimate of drug-likeness (QED) is 0.211. The monoisotopic (exact) mass is 441 g/mol. The number of phosphoric ester groups is 1. The van der Waals surface area contributed by atoms with Crippen molar-refractivity contribution in [1.29, 1.82) is 0 Å². The van der Waals surface area contributed by atoms with Crippen LogP contribution >= 0.6 is 15.6 Å². The summed E-state index contributed by atoms with van der Waals surface area (Å²) in [6, 6.07) is -0.651. The molecule has 0 radical (unpaired) electrons. The molecule has 156 valence electrons. The Balaban J connectivity index is 1.78. The van der Waals surface area contributed by atoms with E-state index in [0.29, 0.717) is 0 Å². The minimum atomic E-state index is -5.23. The lowest BCUT2D eigenvalue weighted by Crippen LogP contribution is -2.39. The molecule has 15 nitrogen and oxygen atoms in total. The molecule has 1 saturated heterocycles. The lowest BCUT2D eigenvalue weighted by Gasteiger charge is -2.17. The third kappa shape index (κ3) is 4.49. The molecule has 2 aromatic rings. The molecule has 2 unspecified atom stereocenters. The SMILES string of the molecule is Cn1c[n+]([C@H]2CC(N)[C@@H](COP(=O)(O)OP(=O)(O)O)O2)c2nc(N)[nH]c(=O)c21. The molecule has 1 aliphatic rings. The lowest BCUT2D eigenvalue weighted by atomic mass is 10.1. The summed E-state index contributed by atoms with van der Waals surface area (Å²) in [5, 5.41) is 0. The van der Waals surface area contributed by atoms with Gasteiger partial charge in [-0.25, -0.2) is 13.7 Å². The fourth-order valence-electron chi connectivity index (χ4n) is 2.89. The van der Waals surface area contributed by atoms with E-state index in [2.05, 4.69) is 18.8 Å². The minimum Gasteiger partial charge on any atom is -0.355 e. The third-order valence-electron chi connectivity index (χ3n) is 3.99. The van der Waals surface area contributed by atoms with Crippen LogP contribution in [0.15, 0.2) is 11.1 Å². The normalized spacial score (nSPS) is 25.2. The van der Waals surface area contributed by atoms with Gasteiger partial charge in [-0.1, -0.05) is 4.98 Å². The molecule has 8 N–H and O–H groups in total. The highest BCUT2D eigenvalue weighted by molar-refractivity contribution is 7.60. The first-order valence-corrected chi connectivity index (χ1v) is 10.8. The second-order valence-corrected chi connectivity index (χ2v) is 8.95. The van der Waals surface area contributed by atoms with Gasteiger partial charge >= 0.3 is 21.3 Å². The van der Waals surface area contributed by atoms with Gasteiger partial charge in [0.2, 0.25) is 5.52 Å². The van der Waals surface area contributed by atoms with Crippen LogP contribution in [0.4, 0.5) is 5.95 Å². The summed E-state index contributed by atoms with van der Waals surface area (Å²) < 4.78 is 39.3. The second kappa shape index (κ2) is 7.30. The van der Waals surface area contributed by atoms with Crippen molar-refractivity contribution in [3.63, 3.8) is 0 Å². The number of anilines is 1. The van der Waals surface area contributed by atoms with Gasteiger partial charge in [0.05, 0.1) is 13.7 Å². The predicted molar refractivity (Wildman–Crippen MR) is 91.4 cm³/mol. The number of nitrogens with zero attached hydrogens (tertiary/aromatic N) is 3. The van der Waals surface area contributed by atoms with E-state index in [1.807, 2.05) is 0 Å². The summed E-state index contributed by atoms with van der Waals surface area (Å²) in [7, 11) is -8.62. The molecule has 0 aromatic carbocycles. The molecule has 0 saturated carbocycles. The van der Waals surface area contributed by atoms with Gasteiger partial charge in [0.15, 0.2) is 12.6 Å². The van der Waals surface area contributed by atoms with Crippen molar-refractivity contribution in [3.8, 4) is 0 Å². The average Bonchev–Trinajstić information content (AvgIpc) is 3.03. The first-order chi connectivity index (χ1) is 12.9. The lowest BCUT2D eigenvalue weighted by molar-refractivity contribution is -0.739. The number of aromatic amines is 1. The van der Waals surface area contributed by atoms with Crippen LogP contribution < -0.4 is 21.6 Å². The standard InChI is InChI=1S/C11H18N6O9P2/c1-16-4-17(9-8(16)10(18)15-11(13)14-9)7-2-5(12)6(25-7)3-24-28(22,23)26-27(19,20)21/h4-7H,2-3,12H2,1H3,(H5-,13,14,15,18,19,20,21,22,23)/p+1/t5?,6-,7-/m1/s1. The van der Waals surface area contributed by atoms with Gasteiger partial charge < -0.3 is 30.9 Å². The van der Waals surface area contributed by atoms with Crippen molar-refractivity contribution in [1.82, 2.24) is 14.5 Å². The third-order valence-corrected chi connectivity index (χ3v) is 6.15. The molecular weight excluding hydrogens is 422 g/mol. The van der Waals surface area contributed by atoms with E-state index in [0.717, 1.165) is 0 Å². The summed E-state index contributed by atoms with van der Waals surface area (Å²) in [4.78, 5) is 45.1. The maximum Gasteiger partial charge on any atom is 0.481 e. The van der Waals surface area contributed by atoms with E-state index in [-0.39, 0.29) is 23.5 Å². The van der Waals surface area contributed by atoms with Crippen molar-refractivity contribution in [3.05, 3.63) is 16.7 Å². The smallest absolute Gasteiger partial charge is 0.355 e. The number of nitrogens with one attached hydrogen (secondary N) is 1. The van der Waals surface area contributed by atoms with Gasteiger partial charge in [-0.05, 0) is 0 Å². The van der Waals surface area contributed by atoms with Crippen LogP contribution in [0.2, 0.25) is 0 Å². The number of H-pyrrole nitrogens is 1. The van der Waals surface area contributed by atoms with Crippen molar-refractivity contribution < 1.29 is 41.9 Å². The molecule has 17 heteroatoms. The first kappa shape index (κ1) is 21.0. The predicted octanol–water partition coefficient (Wildman–Crippen LogP) is -2.03. The Hall–Kier alpha value is -1.67. The van der Waals surface area contributed by atoms with Gasteiger partial charge in [-0.15, -0.1) is 0 Å². The van der Waals surface area contributed by atoms with Crippen molar-refractivity contribution in [2.75, 3.05) is 12.3 Å². The number of aromatic nitrogens is 4. The second-order valence-electron chi connectivity index (χ2n) is 6.12. The topological polar surface area (TPSA) is 229 Å². The molecule has 0 aliphatic carbocycles. The average molecular weight is 441 g/mol. The fraction of sp³-hybridized carbons (Fsp3) is 0.545. The molecule has 0 bridgehead atoms. The van der Waals surface area contributed by atoms with Crippen LogP contribution in [0.3, 0.4) is 0 Å². The van der Waals surface area contributed by atoms with Crippen LogP contribution in [0.25, 0.3) is 11.2 Å². The molecule has 3 heterocycles. The highest BCUT2D eigenvalue weighted by Gasteiger charge is 2.40. The molecule has 28 heavy (non-hydrogen) atoms. The Morgan fingerprint density at radius 1 is 1.46 bits per heavy atom. The maximum absolute atomic E-state index is 12.1. The largest absolute Gasteiger partial charge is 0.481 e. The van der Waals surface area contributed by atoms with E-state index >= 15 is 0 Å². The van der Waals surface area contributed by atoms with E-state index in [1.165, 1.54) is 9.13 Å². The van der Waals surface area contributed by atoms with Crippen molar-refractivity contribution in [2.45, 2.75) is 24.8 Å². The molecule has 1 fully saturated rings. The van der Waals surface area contributed by atoms with Crippen LogP contribution in [0.5, 0.6) is 0 Å². The zero-order valence-corrected chi connectivity index (χ0v) is 16.2. The number of fused-ring (bicyclic) bond motifs is 1. The Labute approximate surface area is 156 Å². The molecule has 0 amide bonds. The number of nitrogens with two attached hydrogens (primary N) is 2. The number of imidazole rings is 1. The molecule has 0 spiro atoms. The van der Waals surface area contributed by atoms with Crippen LogP contribution in [0, 0.1) is 0 Å². The summed E-state index contributed by atoms with van der Waals surface area (Å²) in [6.45, 7) is -0.563. The molecule has 3 rings (SSSR count). The summed E-state index contributed by atoms with van der Waals surface area (Å²) in [5.74, 6) is -0.0876. The first-order valence-electron chi connectivity index (χ1n) is 7.77. The Bertz CT molecular complexity index is 1050. The highest BCUT2D eigenvalue weighted by atomic mass is 31.3. The molecule has 4 atom stereocenters. The Morgan fingerprint density at radius 2 is 2.14 bits per heavy atom. The van der Waals surface area contributed by atoms with Gasteiger partial charge in [-0.3, -0.25) is 18.9 Å². The van der Waals surface area contributed by atoms with E-state index in [1.54, 1.807) is 13.4 Å². The van der Waals surface area contributed by atoms with Crippen molar-refractivity contribution >= 4 is 32.8 Å². The zero-order chi connectivity index (χ0) is 20.9. The number of ether oxygens (including phenoxy) is 1. The summed E-state index contributed by atoms with van der Waals surface area (Å²) >= 11 is 0. The zero-order valence-electron chi connectivity index (χ0n) is 14.4. The van der Waals surface area contributed by atoms with Crippen LogP contribution in [0.1, 0.15) is 12.6 Å². The van der Waals surface area contributed by atoms with E-state index < -0.39 is 46.2 Å². The van der Waals surface area contributed by atoms with Gasteiger partial charge in [-0.2, -0.15) is 4.31 Å².